The number of aromatic nitrogens is 2. The highest BCUT2D eigenvalue weighted by Crippen LogP contribution is 2.22. The topological polar surface area (TPSA) is 111 Å². The van der Waals surface area contributed by atoms with Gasteiger partial charge in [0.15, 0.2) is 0 Å². The van der Waals surface area contributed by atoms with Crippen LogP contribution in [-0.4, -0.2) is 31.6 Å². The first-order valence-electron chi connectivity index (χ1n) is 7.46. The maximum Gasteiger partial charge on any atom is 0.337 e. The smallest absolute Gasteiger partial charge is 0.337 e. The van der Waals surface area contributed by atoms with Crippen LogP contribution in [0.25, 0.3) is 10.7 Å². The van der Waals surface area contributed by atoms with Gasteiger partial charge in [-0.2, -0.15) is 4.98 Å². The number of nitrogens with one attached hydrogen (secondary N) is 1. The molecule has 0 spiro atoms. The summed E-state index contributed by atoms with van der Waals surface area (Å²) in [7, 11) is -2.65. The molecule has 0 fully saturated rings. The molecule has 2 aromatic heterocycles. The molecule has 0 aliphatic heterocycles. The summed E-state index contributed by atoms with van der Waals surface area (Å²) in [6.07, 6.45) is 0. The number of aryl methyl sites for hydroxylation is 1. The van der Waals surface area contributed by atoms with Crippen LogP contribution < -0.4 is 4.72 Å². The Morgan fingerprint density at radius 3 is 2.85 bits per heavy atom. The van der Waals surface area contributed by atoms with Gasteiger partial charge >= 0.3 is 5.97 Å². The van der Waals surface area contributed by atoms with Crippen LogP contribution in [0.5, 0.6) is 0 Å². The van der Waals surface area contributed by atoms with Crippen LogP contribution in [0.1, 0.15) is 21.8 Å². The first-order valence-corrected chi connectivity index (χ1v) is 9.82. The lowest BCUT2D eigenvalue weighted by molar-refractivity contribution is 0.0600. The van der Waals surface area contributed by atoms with Gasteiger partial charge in [0.1, 0.15) is 0 Å². The van der Waals surface area contributed by atoms with Gasteiger partial charge in [-0.25, -0.2) is 17.9 Å². The van der Waals surface area contributed by atoms with Crippen LogP contribution in [0.4, 0.5) is 0 Å². The first kappa shape index (κ1) is 18.2. The summed E-state index contributed by atoms with van der Waals surface area (Å²) in [6, 6.07) is 8.02. The van der Waals surface area contributed by atoms with Crippen molar-refractivity contribution in [2.24, 2.45) is 0 Å². The standard InChI is InChI=1S/C16H15N3O5S2/c1-10-5-6-11(16(20)23-2)8-13(10)26(21,22)17-9-14-18-15(19-24-14)12-4-3-7-25-12/h3-8,17H,9H2,1-2H3. The van der Waals surface area contributed by atoms with E-state index in [4.69, 9.17) is 4.52 Å². The molecule has 0 saturated heterocycles. The summed E-state index contributed by atoms with van der Waals surface area (Å²) in [6.45, 7) is 1.47. The molecule has 2 heterocycles. The minimum absolute atomic E-state index is 0.0154. The van der Waals surface area contributed by atoms with Crippen molar-refractivity contribution in [3.63, 3.8) is 0 Å². The van der Waals surface area contributed by atoms with Gasteiger partial charge in [-0.3, -0.25) is 0 Å². The molecule has 0 amide bonds. The van der Waals surface area contributed by atoms with Gasteiger partial charge in [0, 0.05) is 0 Å². The molecule has 0 saturated carbocycles. The SMILES string of the molecule is COC(=O)c1ccc(C)c(S(=O)(=O)NCc2nc(-c3cccs3)no2)c1. The van der Waals surface area contributed by atoms with E-state index in [-0.39, 0.29) is 22.9 Å². The average Bonchev–Trinajstić information content (AvgIpc) is 3.31. The molecule has 10 heteroatoms. The van der Waals surface area contributed by atoms with Gasteiger partial charge in [0.25, 0.3) is 0 Å². The van der Waals surface area contributed by atoms with Crippen LogP contribution in [0.2, 0.25) is 0 Å². The number of esters is 1. The number of carbonyl (C=O) groups excluding carboxylic acids is 1. The van der Waals surface area contributed by atoms with Crippen LogP contribution >= 0.6 is 11.3 Å². The van der Waals surface area contributed by atoms with Gasteiger partial charge < -0.3 is 9.26 Å². The lowest BCUT2D eigenvalue weighted by Crippen LogP contribution is -2.24. The summed E-state index contributed by atoms with van der Waals surface area (Å²) < 4.78 is 37.2. The van der Waals surface area contributed by atoms with E-state index in [1.54, 1.807) is 13.0 Å². The minimum atomic E-state index is -3.88. The predicted molar refractivity (Wildman–Crippen MR) is 94.2 cm³/mol. The molecule has 0 aliphatic carbocycles. The summed E-state index contributed by atoms with van der Waals surface area (Å²) in [4.78, 5) is 16.6. The van der Waals surface area contributed by atoms with Crippen molar-refractivity contribution in [2.45, 2.75) is 18.4 Å². The summed E-state index contributed by atoms with van der Waals surface area (Å²) in [5.41, 5.74) is 0.645. The molecule has 0 atom stereocenters. The lowest BCUT2D eigenvalue weighted by Gasteiger charge is -2.09. The predicted octanol–water partition coefficient (Wildman–Crippen LogP) is 2.37. The largest absolute Gasteiger partial charge is 0.465 e. The highest BCUT2D eigenvalue weighted by Gasteiger charge is 2.20. The van der Waals surface area contributed by atoms with Crippen molar-refractivity contribution in [3.8, 4) is 10.7 Å². The fourth-order valence-corrected chi connectivity index (χ4v) is 4.09. The van der Waals surface area contributed by atoms with E-state index in [1.165, 1.54) is 30.6 Å². The van der Waals surface area contributed by atoms with E-state index in [2.05, 4.69) is 19.6 Å². The number of nitrogens with zero attached hydrogens (tertiary/aromatic N) is 2. The Labute approximate surface area is 153 Å². The van der Waals surface area contributed by atoms with Crippen molar-refractivity contribution in [1.82, 2.24) is 14.9 Å². The van der Waals surface area contributed by atoms with Gasteiger partial charge in [-0.05, 0) is 36.1 Å². The van der Waals surface area contributed by atoms with Crippen molar-refractivity contribution in [2.75, 3.05) is 7.11 Å². The fourth-order valence-electron chi connectivity index (χ4n) is 2.20. The number of rotatable bonds is 6. The van der Waals surface area contributed by atoms with Gasteiger partial charge in [-0.15, -0.1) is 11.3 Å². The zero-order valence-electron chi connectivity index (χ0n) is 13.9. The lowest BCUT2D eigenvalue weighted by atomic mass is 10.1. The molecule has 0 radical (unpaired) electrons. The van der Waals surface area contributed by atoms with E-state index in [0.717, 1.165) is 4.88 Å². The maximum absolute atomic E-state index is 12.6. The van der Waals surface area contributed by atoms with Gasteiger partial charge in [0.2, 0.25) is 21.7 Å². The second-order valence-electron chi connectivity index (χ2n) is 5.29. The van der Waals surface area contributed by atoms with Crippen LogP contribution in [-0.2, 0) is 21.3 Å². The summed E-state index contributed by atoms with van der Waals surface area (Å²) in [5, 5.41) is 5.71. The molecular weight excluding hydrogens is 378 g/mol. The second kappa shape index (κ2) is 7.36. The molecule has 1 aromatic carbocycles. The number of hydrogen-bond donors (Lipinski definition) is 1. The van der Waals surface area contributed by atoms with E-state index in [0.29, 0.717) is 11.4 Å². The Morgan fingerprint density at radius 1 is 1.35 bits per heavy atom. The highest BCUT2D eigenvalue weighted by atomic mass is 32.2. The minimum Gasteiger partial charge on any atom is -0.465 e. The van der Waals surface area contributed by atoms with Crippen LogP contribution in [0.15, 0.2) is 45.1 Å². The Hall–Kier alpha value is -2.56. The monoisotopic (exact) mass is 393 g/mol. The van der Waals surface area contributed by atoms with Crippen LogP contribution in [0, 0.1) is 6.92 Å². The van der Waals surface area contributed by atoms with E-state index in [1.807, 2.05) is 17.5 Å². The number of ether oxygens (including phenoxy) is 1. The summed E-state index contributed by atoms with van der Waals surface area (Å²) in [5.74, 6) is -0.0734. The second-order valence-corrected chi connectivity index (χ2v) is 7.97. The number of carbonyl (C=O) groups is 1. The normalized spacial score (nSPS) is 11.5. The molecule has 3 aromatic rings. The molecule has 3 rings (SSSR count). The van der Waals surface area contributed by atoms with Crippen molar-refractivity contribution < 1.29 is 22.5 Å². The number of sulfonamides is 1. The molecule has 8 nitrogen and oxygen atoms in total. The fraction of sp³-hybridized carbons (Fsp3) is 0.188. The third kappa shape index (κ3) is 3.82. The van der Waals surface area contributed by atoms with Gasteiger partial charge in [0.05, 0.1) is 29.0 Å². The molecule has 26 heavy (non-hydrogen) atoms. The molecule has 0 bridgehead atoms. The Bertz CT molecular complexity index is 1030. The van der Waals surface area contributed by atoms with Crippen molar-refractivity contribution >= 4 is 27.3 Å². The molecule has 1 N–H and O–H groups in total. The first-order chi connectivity index (χ1) is 12.4. The number of thiophene rings is 1. The molecule has 0 aliphatic rings. The molecule has 136 valence electrons. The summed E-state index contributed by atoms with van der Waals surface area (Å²) >= 11 is 1.45. The van der Waals surface area contributed by atoms with E-state index in [9.17, 15) is 13.2 Å². The average molecular weight is 393 g/mol. The van der Waals surface area contributed by atoms with E-state index < -0.39 is 16.0 Å². The quantitative estimate of drug-likeness (QED) is 0.640. The zero-order chi connectivity index (χ0) is 18.7. The Kier molecular flexibility index (Phi) is 5.16. The van der Waals surface area contributed by atoms with Crippen molar-refractivity contribution in [3.05, 3.63) is 52.7 Å². The maximum atomic E-state index is 12.6. The highest BCUT2D eigenvalue weighted by molar-refractivity contribution is 7.89. The number of benzene rings is 1. The van der Waals surface area contributed by atoms with Crippen LogP contribution in [0.3, 0.4) is 0 Å². The molecular formula is C16H15N3O5S2. The molecule has 0 unspecified atom stereocenters. The zero-order valence-corrected chi connectivity index (χ0v) is 15.6. The third-order valence-corrected chi connectivity index (χ3v) is 5.93. The Balaban J connectivity index is 1.78. The third-order valence-electron chi connectivity index (χ3n) is 3.52. The number of methoxy groups -OCH3 is 1. The van der Waals surface area contributed by atoms with Gasteiger partial charge in [-0.1, -0.05) is 17.3 Å². The van der Waals surface area contributed by atoms with E-state index >= 15 is 0 Å². The van der Waals surface area contributed by atoms with Crippen molar-refractivity contribution in [1.29, 1.82) is 0 Å². The Morgan fingerprint density at radius 2 is 2.15 bits per heavy atom. The number of hydrogen-bond acceptors (Lipinski definition) is 8.